The number of carbonyl (C=O) groups excluding carboxylic acids is 2. The normalized spacial score (nSPS) is 20.8. The SMILES string of the molecule is CC1=C(C)C[C@@H](C(=O)c2ccccc2)[C@@H](C(=O)c2ccccc2)C1. The average molecular weight is 318 g/mol. The lowest BCUT2D eigenvalue weighted by Gasteiger charge is -2.31. The summed E-state index contributed by atoms with van der Waals surface area (Å²) in [7, 11) is 0. The molecule has 0 saturated carbocycles. The van der Waals surface area contributed by atoms with Crippen LogP contribution >= 0.6 is 0 Å². The molecule has 24 heavy (non-hydrogen) atoms. The Labute approximate surface area is 143 Å². The zero-order valence-electron chi connectivity index (χ0n) is 14.2. The van der Waals surface area contributed by atoms with Crippen LogP contribution in [0.25, 0.3) is 0 Å². The molecule has 2 nitrogen and oxygen atoms in total. The van der Waals surface area contributed by atoms with Gasteiger partial charge >= 0.3 is 0 Å². The lowest BCUT2D eigenvalue weighted by atomic mass is 9.70. The third kappa shape index (κ3) is 3.23. The Bertz CT molecular complexity index is 705. The van der Waals surface area contributed by atoms with Crippen LogP contribution in [0.2, 0.25) is 0 Å². The van der Waals surface area contributed by atoms with Crippen LogP contribution in [-0.2, 0) is 0 Å². The topological polar surface area (TPSA) is 34.1 Å². The molecule has 3 rings (SSSR count). The van der Waals surface area contributed by atoms with Gasteiger partial charge in [-0.1, -0.05) is 71.8 Å². The minimum Gasteiger partial charge on any atom is -0.294 e. The number of Topliss-reactive ketones (excluding diaryl/α,β-unsaturated/α-hetero) is 2. The van der Waals surface area contributed by atoms with Crippen LogP contribution in [0.5, 0.6) is 0 Å². The largest absolute Gasteiger partial charge is 0.294 e. The lowest BCUT2D eigenvalue weighted by Crippen LogP contribution is -2.33. The maximum Gasteiger partial charge on any atom is 0.167 e. The molecule has 2 atom stereocenters. The Kier molecular flexibility index (Phi) is 4.75. The highest BCUT2D eigenvalue weighted by Crippen LogP contribution is 2.37. The standard InChI is InChI=1S/C22H22O2/c1-15-13-19(21(23)17-9-5-3-6-10-17)20(14-16(15)2)22(24)18-11-7-4-8-12-18/h3-12,19-20H,13-14H2,1-2H3/t19-,20+. The van der Waals surface area contributed by atoms with E-state index >= 15 is 0 Å². The molecule has 0 saturated heterocycles. The van der Waals surface area contributed by atoms with E-state index in [4.69, 9.17) is 0 Å². The zero-order valence-corrected chi connectivity index (χ0v) is 14.2. The van der Waals surface area contributed by atoms with Gasteiger partial charge in [0.1, 0.15) is 0 Å². The first-order valence-corrected chi connectivity index (χ1v) is 8.41. The minimum atomic E-state index is -0.274. The Hall–Kier alpha value is -2.48. The molecule has 2 aromatic carbocycles. The molecular weight excluding hydrogens is 296 g/mol. The molecule has 0 amide bonds. The summed E-state index contributed by atoms with van der Waals surface area (Å²) in [6.45, 7) is 4.15. The summed E-state index contributed by atoms with van der Waals surface area (Å²) in [5.74, 6) is -0.388. The second kappa shape index (κ2) is 6.96. The van der Waals surface area contributed by atoms with E-state index in [9.17, 15) is 9.59 Å². The fraction of sp³-hybridized carbons (Fsp3) is 0.273. The Morgan fingerprint density at radius 3 is 1.33 bits per heavy atom. The summed E-state index contributed by atoms with van der Waals surface area (Å²) in [5.41, 5.74) is 3.87. The fourth-order valence-electron chi connectivity index (χ4n) is 3.48. The fourth-order valence-corrected chi connectivity index (χ4v) is 3.48. The number of ketones is 2. The van der Waals surface area contributed by atoms with E-state index in [1.807, 2.05) is 60.7 Å². The van der Waals surface area contributed by atoms with Crippen molar-refractivity contribution in [1.82, 2.24) is 0 Å². The van der Waals surface area contributed by atoms with Crippen molar-refractivity contribution in [3.8, 4) is 0 Å². The summed E-state index contributed by atoms with van der Waals surface area (Å²) < 4.78 is 0. The van der Waals surface area contributed by atoms with Crippen LogP contribution in [-0.4, -0.2) is 11.6 Å². The molecule has 2 heteroatoms. The molecule has 0 spiro atoms. The van der Waals surface area contributed by atoms with E-state index < -0.39 is 0 Å². The molecule has 1 aliphatic carbocycles. The zero-order chi connectivity index (χ0) is 17.1. The third-order valence-corrected chi connectivity index (χ3v) is 5.06. The van der Waals surface area contributed by atoms with Gasteiger partial charge in [0.05, 0.1) is 0 Å². The molecule has 0 heterocycles. The number of hydrogen-bond acceptors (Lipinski definition) is 2. The molecule has 0 bridgehead atoms. The Balaban J connectivity index is 1.95. The first kappa shape index (κ1) is 16.4. The summed E-state index contributed by atoms with van der Waals surface area (Å²) >= 11 is 0. The van der Waals surface area contributed by atoms with Gasteiger partial charge in [0.2, 0.25) is 0 Å². The third-order valence-electron chi connectivity index (χ3n) is 5.06. The summed E-state index contributed by atoms with van der Waals surface area (Å²) in [6, 6.07) is 18.7. The first-order valence-electron chi connectivity index (χ1n) is 8.41. The molecule has 1 aliphatic rings. The van der Waals surface area contributed by atoms with Crippen molar-refractivity contribution in [2.45, 2.75) is 26.7 Å². The van der Waals surface area contributed by atoms with Crippen molar-refractivity contribution in [3.63, 3.8) is 0 Å². The van der Waals surface area contributed by atoms with Gasteiger partial charge in [0.15, 0.2) is 11.6 Å². The number of rotatable bonds is 4. The number of benzene rings is 2. The molecular formula is C22H22O2. The van der Waals surface area contributed by atoms with Crippen molar-refractivity contribution in [2.75, 3.05) is 0 Å². The summed E-state index contributed by atoms with van der Waals surface area (Å²) in [4.78, 5) is 26.0. The Morgan fingerprint density at radius 1 is 0.667 bits per heavy atom. The van der Waals surface area contributed by atoms with E-state index in [1.54, 1.807) is 0 Å². The van der Waals surface area contributed by atoms with Crippen molar-refractivity contribution in [2.24, 2.45) is 11.8 Å². The van der Waals surface area contributed by atoms with Crippen molar-refractivity contribution >= 4 is 11.6 Å². The van der Waals surface area contributed by atoms with E-state index in [0.717, 1.165) is 0 Å². The summed E-state index contributed by atoms with van der Waals surface area (Å²) in [6.07, 6.45) is 1.34. The number of allylic oxidation sites excluding steroid dienone is 2. The van der Waals surface area contributed by atoms with E-state index in [1.165, 1.54) is 11.1 Å². The van der Waals surface area contributed by atoms with Crippen LogP contribution in [0.1, 0.15) is 47.4 Å². The molecule has 0 N–H and O–H groups in total. The van der Waals surface area contributed by atoms with Crippen LogP contribution < -0.4 is 0 Å². The summed E-state index contributed by atoms with van der Waals surface area (Å²) in [5, 5.41) is 0. The monoisotopic (exact) mass is 318 g/mol. The van der Waals surface area contributed by atoms with Crippen LogP contribution in [0.4, 0.5) is 0 Å². The van der Waals surface area contributed by atoms with Crippen molar-refractivity contribution in [1.29, 1.82) is 0 Å². The van der Waals surface area contributed by atoms with Gasteiger partial charge in [-0.2, -0.15) is 0 Å². The van der Waals surface area contributed by atoms with Gasteiger partial charge in [-0.3, -0.25) is 9.59 Å². The molecule has 0 aromatic heterocycles. The highest BCUT2D eigenvalue weighted by molar-refractivity contribution is 6.05. The van der Waals surface area contributed by atoms with Gasteiger partial charge in [-0.15, -0.1) is 0 Å². The predicted molar refractivity (Wildman–Crippen MR) is 96.1 cm³/mol. The molecule has 0 aliphatic heterocycles. The average Bonchev–Trinajstić information content (AvgIpc) is 2.64. The quantitative estimate of drug-likeness (QED) is 0.579. The number of carbonyl (C=O) groups is 2. The first-order chi connectivity index (χ1) is 11.6. The van der Waals surface area contributed by atoms with Crippen LogP contribution in [0.15, 0.2) is 71.8 Å². The highest BCUT2D eigenvalue weighted by atomic mass is 16.1. The smallest absolute Gasteiger partial charge is 0.167 e. The highest BCUT2D eigenvalue weighted by Gasteiger charge is 2.37. The molecule has 0 unspecified atom stereocenters. The van der Waals surface area contributed by atoms with Gasteiger partial charge in [0.25, 0.3) is 0 Å². The molecule has 0 radical (unpaired) electrons. The second-order valence-corrected chi connectivity index (χ2v) is 6.64. The van der Waals surface area contributed by atoms with Crippen molar-refractivity contribution in [3.05, 3.63) is 82.9 Å². The number of hydrogen-bond donors (Lipinski definition) is 0. The van der Waals surface area contributed by atoms with E-state index in [-0.39, 0.29) is 23.4 Å². The van der Waals surface area contributed by atoms with Gasteiger partial charge in [-0.25, -0.2) is 0 Å². The molecule has 2 aromatic rings. The van der Waals surface area contributed by atoms with E-state index in [2.05, 4.69) is 13.8 Å². The maximum atomic E-state index is 13.0. The predicted octanol–water partition coefficient (Wildman–Crippen LogP) is 5.11. The molecule has 122 valence electrons. The maximum absolute atomic E-state index is 13.0. The second-order valence-electron chi connectivity index (χ2n) is 6.64. The van der Waals surface area contributed by atoms with Gasteiger partial charge in [0, 0.05) is 23.0 Å². The van der Waals surface area contributed by atoms with Crippen LogP contribution in [0, 0.1) is 11.8 Å². The van der Waals surface area contributed by atoms with Gasteiger partial charge in [-0.05, 0) is 26.7 Å². The van der Waals surface area contributed by atoms with E-state index in [0.29, 0.717) is 24.0 Å². The Morgan fingerprint density at radius 2 is 1.00 bits per heavy atom. The van der Waals surface area contributed by atoms with Gasteiger partial charge < -0.3 is 0 Å². The van der Waals surface area contributed by atoms with Crippen molar-refractivity contribution < 1.29 is 9.59 Å². The molecule has 0 fully saturated rings. The van der Waals surface area contributed by atoms with Crippen LogP contribution in [0.3, 0.4) is 0 Å². The lowest BCUT2D eigenvalue weighted by molar-refractivity contribution is 0.0753. The minimum absolute atomic E-state index is 0.0803.